The lowest BCUT2D eigenvalue weighted by molar-refractivity contribution is -0.144. The minimum absolute atomic E-state index is 0.327. The van der Waals surface area contributed by atoms with Gasteiger partial charge >= 0.3 is 11.9 Å². The standard InChI is InChI=1S/C30H52N8O11/c1-7-15(6)24(29(47)37-23(14(4)5)28(46)35-17(30(48)49)9-11-21(41)42)38-25(43)16(8-10-19(31)39)34-26(44)18(12-20(32)40)36-27(45)22(33)13(2)3/h13-18,22-24H,7-12,33H2,1-6H3,(H2,31,39)(H2,32,40)(H,34,44)(H,35,46)(H,36,45)(H,37,47)(H,38,43)(H,41,42)(H,48,49)/t15-,16-,17-,18-,22-,23-,24-/m0/s1. The number of hydrogen-bond acceptors (Lipinski definition) is 10. The Labute approximate surface area is 284 Å². The minimum atomic E-state index is -1.55. The lowest BCUT2D eigenvalue weighted by atomic mass is 9.95. The molecular weight excluding hydrogens is 648 g/mol. The molecule has 0 aliphatic carbocycles. The lowest BCUT2D eigenvalue weighted by Crippen LogP contribution is -2.61. The number of hydrogen-bond donors (Lipinski definition) is 10. The molecule has 0 aromatic carbocycles. The zero-order valence-electron chi connectivity index (χ0n) is 28.7. The third-order valence-electron chi connectivity index (χ3n) is 7.67. The number of carbonyl (C=O) groups excluding carboxylic acids is 7. The highest BCUT2D eigenvalue weighted by atomic mass is 16.4. The van der Waals surface area contributed by atoms with Crippen LogP contribution in [0.3, 0.4) is 0 Å². The van der Waals surface area contributed by atoms with Gasteiger partial charge in [0.15, 0.2) is 0 Å². The van der Waals surface area contributed by atoms with Gasteiger partial charge in [-0.05, 0) is 30.6 Å². The first-order valence-electron chi connectivity index (χ1n) is 15.9. The number of carboxylic acids is 2. The highest BCUT2D eigenvalue weighted by Crippen LogP contribution is 2.12. The first-order chi connectivity index (χ1) is 22.6. The molecule has 0 heterocycles. The molecule has 19 nitrogen and oxygen atoms in total. The van der Waals surface area contributed by atoms with Crippen LogP contribution in [0.15, 0.2) is 0 Å². The molecule has 0 radical (unpaired) electrons. The molecule has 0 bridgehead atoms. The summed E-state index contributed by atoms with van der Waals surface area (Å²) in [5, 5.41) is 30.3. The Morgan fingerprint density at radius 2 is 1.04 bits per heavy atom. The number of aliphatic carboxylic acids is 2. The van der Waals surface area contributed by atoms with Crippen LogP contribution in [-0.2, 0) is 43.2 Å². The smallest absolute Gasteiger partial charge is 0.326 e. The van der Waals surface area contributed by atoms with Gasteiger partial charge in [-0.2, -0.15) is 0 Å². The average Bonchev–Trinajstić information content (AvgIpc) is 2.99. The molecule has 0 saturated heterocycles. The topological polar surface area (TPSA) is 332 Å². The van der Waals surface area contributed by atoms with E-state index < -0.39 is 121 Å². The van der Waals surface area contributed by atoms with Crippen molar-refractivity contribution in [3.63, 3.8) is 0 Å². The highest BCUT2D eigenvalue weighted by molar-refractivity contribution is 5.97. The summed E-state index contributed by atoms with van der Waals surface area (Å²) in [7, 11) is 0. The van der Waals surface area contributed by atoms with E-state index in [2.05, 4.69) is 26.6 Å². The van der Waals surface area contributed by atoms with Crippen molar-refractivity contribution in [3.05, 3.63) is 0 Å². The third-order valence-corrected chi connectivity index (χ3v) is 7.67. The van der Waals surface area contributed by atoms with Gasteiger partial charge < -0.3 is 54.0 Å². The zero-order valence-corrected chi connectivity index (χ0v) is 28.7. The molecule has 0 spiro atoms. The van der Waals surface area contributed by atoms with Gasteiger partial charge in [0.1, 0.15) is 30.2 Å². The fourth-order valence-corrected chi connectivity index (χ4v) is 4.33. The molecule has 278 valence electrons. The van der Waals surface area contributed by atoms with Crippen molar-refractivity contribution in [2.24, 2.45) is 35.0 Å². The molecule has 0 aromatic rings. The summed E-state index contributed by atoms with van der Waals surface area (Å²) < 4.78 is 0. The number of nitrogens with two attached hydrogens (primary N) is 3. The van der Waals surface area contributed by atoms with Crippen molar-refractivity contribution in [2.75, 3.05) is 0 Å². The van der Waals surface area contributed by atoms with E-state index >= 15 is 0 Å². The van der Waals surface area contributed by atoms with E-state index in [4.69, 9.17) is 22.3 Å². The Balaban J connectivity index is 6.20. The van der Waals surface area contributed by atoms with Crippen LogP contribution < -0.4 is 43.8 Å². The van der Waals surface area contributed by atoms with E-state index in [0.29, 0.717) is 6.42 Å². The maximum Gasteiger partial charge on any atom is 0.326 e. The fourth-order valence-electron chi connectivity index (χ4n) is 4.33. The Kier molecular flexibility index (Phi) is 19.1. The van der Waals surface area contributed by atoms with E-state index in [1.807, 2.05) is 0 Å². The van der Waals surface area contributed by atoms with Crippen LogP contribution in [0.25, 0.3) is 0 Å². The van der Waals surface area contributed by atoms with Gasteiger partial charge in [0, 0.05) is 12.8 Å². The van der Waals surface area contributed by atoms with E-state index in [9.17, 15) is 48.3 Å². The zero-order chi connectivity index (χ0) is 38.2. The Morgan fingerprint density at radius 1 is 0.571 bits per heavy atom. The normalized spacial score (nSPS) is 15.4. The van der Waals surface area contributed by atoms with Crippen LogP contribution in [0.5, 0.6) is 0 Å². The Morgan fingerprint density at radius 3 is 1.49 bits per heavy atom. The maximum absolute atomic E-state index is 13.5. The summed E-state index contributed by atoms with van der Waals surface area (Å²) in [6.45, 7) is 9.79. The van der Waals surface area contributed by atoms with E-state index in [0.717, 1.165) is 0 Å². The molecule has 0 rings (SSSR count). The quantitative estimate of drug-likeness (QED) is 0.0516. The second-order valence-corrected chi connectivity index (χ2v) is 12.5. The van der Waals surface area contributed by atoms with E-state index in [1.54, 1.807) is 41.5 Å². The predicted molar refractivity (Wildman–Crippen MR) is 174 cm³/mol. The third kappa shape index (κ3) is 16.2. The number of primary amides is 2. The van der Waals surface area contributed by atoms with Crippen molar-refractivity contribution in [1.82, 2.24) is 26.6 Å². The molecule has 7 amide bonds. The van der Waals surface area contributed by atoms with Crippen LogP contribution in [0, 0.1) is 17.8 Å². The largest absolute Gasteiger partial charge is 0.481 e. The fraction of sp³-hybridized carbons (Fsp3) is 0.700. The SMILES string of the molecule is CC[C@H](C)[C@H](NC(=O)[C@H](CCC(N)=O)NC(=O)[C@H](CC(N)=O)NC(=O)[C@@H](N)C(C)C)C(=O)N[C@H](C(=O)N[C@@H](CCC(=O)O)C(=O)O)C(C)C. The van der Waals surface area contributed by atoms with Crippen molar-refractivity contribution in [1.29, 1.82) is 0 Å². The Hall–Kier alpha value is -4.81. The first kappa shape index (κ1) is 44.2. The summed E-state index contributed by atoms with van der Waals surface area (Å²) in [4.78, 5) is 112. The molecule has 49 heavy (non-hydrogen) atoms. The van der Waals surface area contributed by atoms with Gasteiger partial charge in [-0.3, -0.25) is 38.4 Å². The molecule has 0 aliphatic heterocycles. The van der Waals surface area contributed by atoms with Gasteiger partial charge in [-0.15, -0.1) is 0 Å². The number of carbonyl (C=O) groups is 9. The van der Waals surface area contributed by atoms with Crippen LogP contribution in [0.1, 0.15) is 80.1 Å². The molecule has 0 saturated carbocycles. The van der Waals surface area contributed by atoms with Crippen LogP contribution in [-0.4, -0.2) is 99.8 Å². The maximum atomic E-state index is 13.5. The Bertz CT molecular complexity index is 1230. The summed E-state index contributed by atoms with van der Waals surface area (Å²) >= 11 is 0. The van der Waals surface area contributed by atoms with Crippen LogP contribution >= 0.6 is 0 Å². The van der Waals surface area contributed by atoms with Crippen LogP contribution in [0.2, 0.25) is 0 Å². The second kappa shape index (κ2) is 21.2. The highest BCUT2D eigenvalue weighted by Gasteiger charge is 2.36. The predicted octanol–water partition coefficient (Wildman–Crippen LogP) is -2.81. The monoisotopic (exact) mass is 700 g/mol. The molecule has 0 fully saturated rings. The minimum Gasteiger partial charge on any atom is -0.481 e. The second-order valence-electron chi connectivity index (χ2n) is 12.5. The van der Waals surface area contributed by atoms with Crippen molar-refractivity contribution >= 4 is 53.3 Å². The summed E-state index contributed by atoms with van der Waals surface area (Å²) in [6, 6.07) is -8.24. The van der Waals surface area contributed by atoms with Gasteiger partial charge in [0.05, 0.1) is 12.5 Å². The average molecular weight is 701 g/mol. The number of rotatable bonds is 23. The van der Waals surface area contributed by atoms with Crippen molar-refractivity contribution in [3.8, 4) is 0 Å². The molecule has 7 atom stereocenters. The summed E-state index contributed by atoms with van der Waals surface area (Å²) in [5.41, 5.74) is 16.4. The number of carboxylic acid groups (broad SMARTS) is 2. The van der Waals surface area contributed by atoms with E-state index in [-0.39, 0.29) is 18.8 Å². The molecule has 13 N–H and O–H groups in total. The molecule has 0 aromatic heterocycles. The molecule has 19 heteroatoms. The molecule has 0 unspecified atom stereocenters. The van der Waals surface area contributed by atoms with E-state index in [1.165, 1.54) is 0 Å². The van der Waals surface area contributed by atoms with Crippen LogP contribution in [0.4, 0.5) is 0 Å². The van der Waals surface area contributed by atoms with Gasteiger partial charge in [-0.25, -0.2) is 4.79 Å². The first-order valence-corrected chi connectivity index (χ1v) is 15.9. The number of nitrogens with one attached hydrogen (secondary N) is 5. The summed E-state index contributed by atoms with van der Waals surface area (Å²) in [6.07, 6.45) is -1.98. The lowest BCUT2D eigenvalue weighted by Gasteiger charge is -2.30. The van der Waals surface area contributed by atoms with Gasteiger partial charge in [-0.1, -0.05) is 48.0 Å². The van der Waals surface area contributed by atoms with Crippen molar-refractivity contribution < 1.29 is 53.4 Å². The molecule has 0 aliphatic rings. The summed E-state index contributed by atoms with van der Waals surface area (Å²) in [5.74, 6) is -10.4. The van der Waals surface area contributed by atoms with Gasteiger partial charge in [0.2, 0.25) is 41.4 Å². The van der Waals surface area contributed by atoms with Gasteiger partial charge in [0.25, 0.3) is 0 Å². The van der Waals surface area contributed by atoms with Crippen molar-refractivity contribution in [2.45, 2.75) is 116 Å². The number of amides is 7. The molecular formula is C30H52N8O11.